The third kappa shape index (κ3) is 2.87. The molecule has 2 nitrogen and oxygen atoms in total. The number of hydrogen-bond acceptors (Lipinski definition) is 3. The summed E-state index contributed by atoms with van der Waals surface area (Å²) >= 11 is 1.42. The second-order valence-electron chi connectivity index (χ2n) is 3.83. The minimum Gasteiger partial charge on any atom is -0.166 e. The average molecular weight is 272 g/mol. The largest absolute Gasteiger partial charge is 0.416 e. The van der Waals surface area contributed by atoms with E-state index in [-0.39, 0.29) is 0 Å². The van der Waals surface area contributed by atoms with Gasteiger partial charge in [-0.15, -0.1) is 10.2 Å². The Kier molecular flexibility index (Phi) is 3.65. The van der Waals surface area contributed by atoms with Crippen molar-refractivity contribution in [3.8, 4) is 10.6 Å². The lowest BCUT2D eigenvalue weighted by Crippen LogP contribution is -2.03. The van der Waals surface area contributed by atoms with Gasteiger partial charge < -0.3 is 0 Å². The fourth-order valence-corrected chi connectivity index (χ4v) is 2.43. The highest BCUT2D eigenvalue weighted by molar-refractivity contribution is 7.14. The van der Waals surface area contributed by atoms with Gasteiger partial charge in [-0.2, -0.15) is 13.2 Å². The van der Waals surface area contributed by atoms with Crippen LogP contribution in [0.3, 0.4) is 0 Å². The minimum atomic E-state index is -4.30. The molecular formula is C12H11F3N2S. The zero-order valence-electron chi connectivity index (χ0n) is 9.66. The Morgan fingerprint density at radius 3 is 2.33 bits per heavy atom. The van der Waals surface area contributed by atoms with Crippen LogP contribution in [0.2, 0.25) is 0 Å². The first-order chi connectivity index (χ1) is 8.50. The molecule has 1 aromatic carbocycles. The molecule has 0 N–H and O–H groups in total. The van der Waals surface area contributed by atoms with E-state index in [1.54, 1.807) is 0 Å². The standard InChI is InChI=1S/C12H11F3N2S/c1-2-3-10-16-17-11(18-10)8-4-6-9(7-5-8)12(13,14)15/h4-7H,2-3H2,1H3. The summed E-state index contributed by atoms with van der Waals surface area (Å²) in [6.07, 6.45) is -2.48. The first-order valence-corrected chi connectivity index (χ1v) is 6.32. The van der Waals surface area contributed by atoms with Crippen molar-refractivity contribution in [1.82, 2.24) is 10.2 Å². The van der Waals surface area contributed by atoms with Crippen LogP contribution in [0.25, 0.3) is 10.6 Å². The molecular weight excluding hydrogens is 261 g/mol. The monoisotopic (exact) mass is 272 g/mol. The topological polar surface area (TPSA) is 25.8 Å². The number of aromatic nitrogens is 2. The van der Waals surface area contributed by atoms with Crippen molar-refractivity contribution >= 4 is 11.3 Å². The van der Waals surface area contributed by atoms with E-state index in [1.807, 2.05) is 6.92 Å². The van der Waals surface area contributed by atoms with Crippen molar-refractivity contribution in [3.05, 3.63) is 34.8 Å². The Morgan fingerprint density at radius 2 is 1.78 bits per heavy atom. The van der Waals surface area contributed by atoms with Gasteiger partial charge in [0.2, 0.25) is 0 Å². The van der Waals surface area contributed by atoms with Gasteiger partial charge in [0.1, 0.15) is 10.0 Å². The Labute approximate surface area is 106 Å². The third-order valence-electron chi connectivity index (χ3n) is 2.39. The predicted octanol–water partition coefficient (Wildman–Crippen LogP) is 4.18. The number of aryl methyl sites for hydroxylation is 1. The van der Waals surface area contributed by atoms with Gasteiger partial charge in [-0.05, 0) is 18.6 Å². The van der Waals surface area contributed by atoms with Gasteiger partial charge in [0.15, 0.2) is 0 Å². The van der Waals surface area contributed by atoms with Crippen LogP contribution in [-0.2, 0) is 12.6 Å². The molecule has 0 spiro atoms. The van der Waals surface area contributed by atoms with E-state index in [0.717, 1.165) is 30.0 Å². The summed E-state index contributed by atoms with van der Waals surface area (Å²) in [6.45, 7) is 2.04. The summed E-state index contributed by atoms with van der Waals surface area (Å²) in [5.41, 5.74) is 0.0207. The van der Waals surface area contributed by atoms with Crippen LogP contribution in [-0.4, -0.2) is 10.2 Å². The van der Waals surface area contributed by atoms with Gasteiger partial charge in [0.25, 0.3) is 0 Å². The fraction of sp³-hybridized carbons (Fsp3) is 0.333. The summed E-state index contributed by atoms with van der Waals surface area (Å²) in [4.78, 5) is 0. The lowest BCUT2D eigenvalue weighted by atomic mass is 10.1. The number of halogens is 3. The van der Waals surface area contributed by atoms with Crippen LogP contribution < -0.4 is 0 Å². The fourth-order valence-electron chi connectivity index (χ4n) is 1.49. The van der Waals surface area contributed by atoms with Gasteiger partial charge in [0.05, 0.1) is 5.56 Å². The average Bonchev–Trinajstić information content (AvgIpc) is 2.77. The van der Waals surface area contributed by atoms with Crippen LogP contribution in [0.5, 0.6) is 0 Å². The Hall–Kier alpha value is -1.43. The molecule has 0 fully saturated rings. The van der Waals surface area contributed by atoms with Crippen LogP contribution in [0, 0.1) is 0 Å². The Morgan fingerprint density at radius 1 is 1.11 bits per heavy atom. The molecule has 0 unspecified atom stereocenters. The molecule has 0 aliphatic carbocycles. The SMILES string of the molecule is CCCc1nnc(-c2ccc(C(F)(F)F)cc2)s1. The summed E-state index contributed by atoms with van der Waals surface area (Å²) in [5.74, 6) is 0. The summed E-state index contributed by atoms with van der Waals surface area (Å²) in [6, 6.07) is 4.99. The highest BCUT2D eigenvalue weighted by atomic mass is 32.1. The number of rotatable bonds is 3. The van der Waals surface area contributed by atoms with Crippen molar-refractivity contribution in [2.75, 3.05) is 0 Å². The predicted molar refractivity (Wildman–Crippen MR) is 64.3 cm³/mol. The molecule has 0 bridgehead atoms. The second-order valence-corrected chi connectivity index (χ2v) is 4.89. The van der Waals surface area contributed by atoms with Crippen molar-refractivity contribution in [2.45, 2.75) is 25.9 Å². The summed E-state index contributed by atoms with van der Waals surface area (Å²) in [5, 5.41) is 9.55. The van der Waals surface area contributed by atoms with Crippen LogP contribution in [0.1, 0.15) is 23.9 Å². The number of hydrogen-bond donors (Lipinski definition) is 0. The molecule has 0 aliphatic rings. The maximum Gasteiger partial charge on any atom is 0.416 e. The first kappa shape index (κ1) is 13.0. The molecule has 0 saturated carbocycles. The molecule has 0 radical (unpaired) electrons. The maximum absolute atomic E-state index is 12.4. The zero-order valence-corrected chi connectivity index (χ0v) is 10.5. The molecule has 1 aromatic heterocycles. The highest BCUT2D eigenvalue weighted by Gasteiger charge is 2.30. The van der Waals surface area contributed by atoms with E-state index < -0.39 is 11.7 Å². The lowest BCUT2D eigenvalue weighted by molar-refractivity contribution is -0.137. The van der Waals surface area contributed by atoms with Crippen molar-refractivity contribution in [2.24, 2.45) is 0 Å². The van der Waals surface area contributed by atoms with E-state index in [0.29, 0.717) is 10.6 Å². The molecule has 96 valence electrons. The van der Waals surface area contributed by atoms with E-state index in [9.17, 15) is 13.2 Å². The molecule has 0 aliphatic heterocycles. The molecule has 0 saturated heterocycles. The third-order valence-corrected chi connectivity index (χ3v) is 3.42. The van der Waals surface area contributed by atoms with Crippen molar-refractivity contribution < 1.29 is 13.2 Å². The van der Waals surface area contributed by atoms with Gasteiger partial charge >= 0.3 is 6.18 Å². The van der Waals surface area contributed by atoms with Gasteiger partial charge in [-0.3, -0.25) is 0 Å². The minimum absolute atomic E-state index is 0.649. The van der Waals surface area contributed by atoms with Gasteiger partial charge in [-0.1, -0.05) is 30.4 Å². The molecule has 1 heterocycles. The Balaban J connectivity index is 2.23. The van der Waals surface area contributed by atoms with E-state index in [2.05, 4.69) is 10.2 Å². The van der Waals surface area contributed by atoms with Crippen molar-refractivity contribution in [3.63, 3.8) is 0 Å². The lowest BCUT2D eigenvalue weighted by Gasteiger charge is -2.06. The molecule has 6 heteroatoms. The molecule has 2 aromatic rings. The first-order valence-electron chi connectivity index (χ1n) is 5.50. The quantitative estimate of drug-likeness (QED) is 0.837. The summed E-state index contributed by atoms with van der Waals surface area (Å²) < 4.78 is 37.2. The smallest absolute Gasteiger partial charge is 0.166 e. The van der Waals surface area contributed by atoms with E-state index in [1.165, 1.54) is 23.5 Å². The number of alkyl halides is 3. The van der Waals surface area contributed by atoms with Crippen LogP contribution >= 0.6 is 11.3 Å². The van der Waals surface area contributed by atoms with Gasteiger partial charge in [0, 0.05) is 12.0 Å². The molecule has 0 atom stereocenters. The highest BCUT2D eigenvalue weighted by Crippen LogP contribution is 2.31. The number of benzene rings is 1. The van der Waals surface area contributed by atoms with E-state index in [4.69, 9.17) is 0 Å². The van der Waals surface area contributed by atoms with Crippen LogP contribution in [0.15, 0.2) is 24.3 Å². The van der Waals surface area contributed by atoms with Gasteiger partial charge in [-0.25, -0.2) is 0 Å². The molecule has 18 heavy (non-hydrogen) atoms. The molecule has 2 rings (SSSR count). The van der Waals surface area contributed by atoms with Crippen molar-refractivity contribution in [1.29, 1.82) is 0 Å². The Bertz CT molecular complexity index is 517. The maximum atomic E-state index is 12.4. The number of nitrogens with zero attached hydrogens (tertiary/aromatic N) is 2. The van der Waals surface area contributed by atoms with E-state index >= 15 is 0 Å². The molecule has 0 amide bonds. The van der Waals surface area contributed by atoms with Crippen LogP contribution in [0.4, 0.5) is 13.2 Å². The normalized spacial score (nSPS) is 11.8. The second kappa shape index (κ2) is 5.06. The summed E-state index contributed by atoms with van der Waals surface area (Å²) in [7, 11) is 0. The zero-order chi connectivity index (χ0) is 13.2.